The molecule has 1 atom stereocenters. The van der Waals surface area contributed by atoms with Crippen molar-refractivity contribution in [2.24, 2.45) is 0 Å². The first kappa shape index (κ1) is 14.4. The smallest absolute Gasteiger partial charge is 0.462 e. The van der Waals surface area contributed by atoms with Gasteiger partial charge in [0.2, 0.25) is 11.2 Å². The maximum Gasteiger partial charge on any atom is 0.586 e. The van der Waals surface area contributed by atoms with Gasteiger partial charge in [-0.1, -0.05) is 0 Å². The molecule has 0 aromatic heterocycles. The van der Waals surface area contributed by atoms with Crippen molar-refractivity contribution < 1.29 is 18.9 Å². The first-order valence-electron chi connectivity index (χ1n) is 5.00. The highest BCUT2D eigenvalue weighted by atomic mass is 35.7. The average Bonchev–Trinajstić information content (AvgIpc) is 2.29. The summed E-state index contributed by atoms with van der Waals surface area (Å²) in [5.41, 5.74) is 0.820. The van der Waals surface area contributed by atoms with E-state index in [9.17, 15) is 14.2 Å². The number of ether oxygens (including phenoxy) is 1. The zero-order valence-corrected chi connectivity index (χ0v) is 11.1. The van der Waals surface area contributed by atoms with E-state index in [2.05, 4.69) is 5.32 Å². The summed E-state index contributed by atoms with van der Waals surface area (Å²) in [5.74, 6) is -0.433. The third-order valence-corrected chi connectivity index (χ3v) is 2.48. The number of rotatable bonds is 4. The molecule has 0 fully saturated rings. The summed E-state index contributed by atoms with van der Waals surface area (Å²) >= 11 is 5.12. The van der Waals surface area contributed by atoms with Crippen LogP contribution in [-0.4, -0.2) is 18.6 Å². The first-order valence-corrected chi connectivity index (χ1v) is 7.17. The van der Waals surface area contributed by atoms with Gasteiger partial charge in [-0.15, -0.1) is 5.09 Å². The summed E-state index contributed by atoms with van der Waals surface area (Å²) in [7, 11) is -2.27. The SMILES string of the molecule is CCOC(=O)c1ccc(NC(=O)N[P+](=O)Cl)cc1. The van der Waals surface area contributed by atoms with Crippen LogP contribution >= 0.6 is 18.5 Å². The Hall–Kier alpha value is -1.65. The molecule has 0 aliphatic heterocycles. The summed E-state index contributed by atoms with van der Waals surface area (Å²) in [6, 6.07) is 5.37. The molecular formula is C10H11ClN2O4P+. The number of urea groups is 1. The molecule has 0 saturated heterocycles. The Morgan fingerprint density at radius 1 is 1.33 bits per heavy atom. The highest BCUT2D eigenvalue weighted by Crippen LogP contribution is 2.20. The predicted octanol–water partition coefficient (Wildman–Crippen LogP) is 2.88. The van der Waals surface area contributed by atoms with Crippen LogP contribution in [0.2, 0.25) is 0 Å². The van der Waals surface area contributed by atoms with Crippen molar-refractivity contribution in [2.75, 3.05) is 11.9 Å². The van der Waals surface area contributed by atoms with Crippen LogP contribution in [0.25, 0.3) is 0 Å². The van der Waals surface area contributed by atoms with Crippen LogP contribution in [0.3, 0.4) is 0 Å². The van der Waals surface area contributed by atoms with E-state index in [-0.39, 0.29) is 0 Å². The maximum atomic E-state index is 11.3. The van der Waals surface area contributed by atoms with Crippen molar-refractivity contribution in [2.45, 2.75) is 6.92 Å². The molecule has 2 amide bonds. The second-order valence-corrected chi connectivity index (χ2v) is 4.74. The second kappa shape index (κ2) is 6.93. The Morgan fingerprint density at radius 2 is 1.94 bits per heavy atom. The van der Waals surface area contributed by atoms with Gasteiger partial charge in [0.1, 0.15) is 0 Å². The van der Waals surface area contributed by atoms with Crippen LogP contribution in [0.4, 0.5) is 10.5 Å². The molecule has 1 aromatic rings. The lowest BCUT2D eigenvalue weighted by Crippen LogP contribution is -2.21. The van der Waals surface area contributed by atoms with E-state index in [0.29, 0.717) is 17.9 Å². The monoisotopic (exact) mass is 289 g/mol. The number of esters is 1. The normalized spacial score (nSPS) is 10.4. The first-order chi connectivity index (χ1) is 8.52. The Bertz CT molecular complexity index is 463. The summed E-state index contributed by atoms with van der Waals surface area (Å²) in [6.45, 7) is 2.01. The van der Waals surface area contributed by atoms with E-state index < -0.39 is 19.3 Å². The predicted molar refractivity (Wildman–Crippen MR) is 68.0 cm³/mol. The van der Waals surface area contributed by atoms with Crippen molar-refractivity contribution in [3.8, 4) is 0 Å². The molecular weight excluding hydrogens is 279 g/mol. The van der Waals surface area contributed by atoms with Gasteiger partial charge in [-0.25, -0.2) is 9.59 Å². The number of carbonyl (C=O) groups excluding carboxylic acids is 2. The topological polar surface area (TPSA) is 84.5 Å². The number of amides is 2. The average molecular weight is 290 g/mol. The molecule has 0 heterocycles. The van der Waals surface area contributed by atoms with Crippen LogP contribution in [0.5, 0.6) is 0 Å². The molecule has 6 nitrogen and oxygen atoms in total. The molecule has 96 valence electrons. The Labute approximate surface area is 109 Å². The quantitative estimate of drug-likeness (QED) is 0.659. The van der Waals surface area contributed by atoms with E-state index in [0.717, 1.165) is 0 Å². The highest BCUT2D eigenvalue weighted by molar-refractivity contribution is 7.72. The second-order valence-electron chi connectivity index (χ2n) is 3.11. The molecule has 18 heavy (non-hydrogen) atoms. The van der Waals surface area contributed by atoms with E-state index in [1.807, 2.05) is 5.09 Å². The Kier molecular flexibility index (Phi) is 5.55. The Balaban J connectivity index is 2.63. The molecule has 0 saturated carbocycles. The van der Waals surface area contributed by atoms with Crippen molar-refractivity contribution in [1.82, 2.24) is 5.09 Å². The van der Waals surface area contributed by atoms with Gasteiger partial charge in [-0.2, -0.15) is 0 Å². The lowest BCUT2D eigenvalue weighted by Gasteiger charge is -2.04. The van der Waals surface area contributed by atoms with Crippen molar-refractivity contribution in [3.05, 3.63) is 29.8 Å². The standard InChI is InChI=1S/C10H10ClN2O4P/c1-2-17-9(14)7-3-5-8(6-4-7)12-10(15)13-18(11)16/h3-6H,2H2,1H3,(H-,12,13,14,15,16)/p+1. The molecule has 1 aromatic carbocycles. The van der Waals surface area contributed by atoms with E-state index >= 15 is 0 Å². The van der Waals surface area contributed by atoms with Gasteiger partial charge in [-0.05, 0) is 35.8 Å². The molecule has 0 radical (unpaired) electrons. The van der Waals surface area contributed by atoms with Gasteiger partial charge >= 0.3 is 19.3 Å². The van der Waals surface area contributed by atoms with Gasteiger partial charge in [0.15, 0.2) is 0 Å². The minimum absolute atomic E-state index is 0.296. The van der Waals surface area contributed by atoms with Gasteiger partial charge in [0, 0.05) is 5.69 Å². The van der Waals surface area contributed by atoms with Crippen LogP contribution in [-0.2, 0) is 9.30 Å². The third kappa shape index (κ3) is 4.69. The molecule has 0 aliphatic rings. The van der Waals surface area contributed by atoms with Gasteiger partial charge in [-0.3, -0.25) is 0 Å². The van der Waals surface area contributed by atoms with Crippen LogP contribution in [0.15, 0.2) is 24.3 Å². The molecule has 0 aliphatic carbocycles. The zero-order chi connectivity index (χ0) is 13.5. The fourth-order valence-electron chi connectivity index (χ4n) is 1.14. The van der Waals surface area contributed by atoms with E-state index in [1.165, 1.54) is 24.3 Å². The molecule has 2 N–H and O–H groups in total. The zero-order valence-electron chi connectivity index (χ0n) is 9.47. The van der Waals surface area contributed by atoms with Crippen LogP contribution < -0.4 is 10.4 Å². The number of benzene rings is 1. The van der Waals surface area contributed by atoms with Crippen molar-refractivity contribution >= 4 is 36.2 Å². The number of nitrogens with one attached hydrogen (secondary N) is 2. The highest BCUT2D eigenvalue weighted by Gasteiger charge is 2.16. The minimum atomic E-state index is -2.27. The minimum Gasteiger partial charge on any atom is -0.462 e. The van der Waals surface area contributed by atoms with Gasteiger partial charge in [0.05, 0.1) is 12.2 Å². The van der Waals surface area contributed by atoms with Crippen LogP contribution in [0.1, 0.15) is 17.3 Å². The Morgan fingerprint density at radius 3 is 2.44 bits per heavy atom. The summed E-state index contributed by atoms with van der Waals surface area (Å²) < 4.78 is 15.3. The lowest BCUT2D eigenvalue weighted by molar-refractivity contribution is 0.0526. The van der Waals surface area contributed by atoms with Crippen molar-refractivity contribution in [1.29, 1.82) is 0 Å². The number of carbonyl (C=O) groups is 2. The number of anilines is 1. The summed E-state index contributed by atoms with van der Waals surface area (Å²) in [5, 5.41) is 4.38. The largest absolute Gasteiger partial charge is 0.586 e. The fourth-order valence-corrected chi connectivity index (χ4v) is 1.59. The third-order valence-electron chi connectivity index (χ3n) is 1.84. The van der Waals surface area contributed by atoms with Crippen LogP contribution in [0, 0.1) is 0 Å². The molecule has 8 heteroatoms. The maximum absolute atomic E-state index is 11.3. The number of hydrogen-bond donors (Lipinski definition) is 2. The summed E-state index contributed by atoms with van der Waals surface area (Å²) in [4.78, 5) is 22.5. The molecule has 0 spiro atoms. The fraction of sp³-hybridized carbons (Fsp3) is 0.200. The molecule has 0 bridgehead atoms. The van der Waals surface area contributed by atoms with Gasteiger partial charge in [0.25, 0.3) is 0 Å². The van der Waals surface area contributed by atoms with E-state index in [1.54, 1.807) is 6.92 Å². The lowest BCUT2D eigenvalue weighted by atomic mass is 10.2. The number of hydrogen-bond acceptors (Lipinski definition) is 4. The summed E-state index contributed by atoms with van der Waals surface area (Å²) in [6.07, 6.45) is 0. The molecule has 1 unspecified atom stereocenters. The number of halogens is 1. The van der Waals surface area contributed by atoms with E-state index in [4.69, 9.17) is 16.0 Å². The van der Waals surface area contributed by atoms with Gasteiger partial charge < -0.3 is 10.1 Å². The van der Waals surface area contributed by atoms with Crippen molar-refractivity contribution in [3.63, 3.8) is 0 Å². The molecule has 1 rings (SSSR count).